The summed E-state index contributed by atoms with van der Waals surface area (Å²) in [5, 5.41) is 0.963. The van der Waals surface area contributed by atoms with E-state index in [2.05, 4.69) is 9.97 Å². The number of nitrogens with one attached hydrogen (secondary N) is 1. The second-order valence-corrected chi connectivity index (χ2v) is 4.07. The normalized spacial score (nSPS) is 10.7. The van der Waals surface area contributed by atoms with Gasteiger partial charge in [-0.1, -0.05) is 6.07 Å². The van der Waals surface area contributed by atoms with Crippen LogP contribution in [0.15, 0.2) is 48.9 Å². The number of H-pyrrole nitrogens is 1. The standard InChI is InChI=1S/C14H11N3O/c15-14(18)12-7-11(10-2-1-4-16-8-10)6-9-3-5-17-13(9)12/h1-8,17H,(H2,15,18). The van der Waals surface area contributed by atoms with Gasteiger partial charge in [-0.05, 0) is 29.8 Å². The van der Waals surface area contributed by atoms with Gasteiger partial charge in [-0.2, -0.15) is 0 Å². The number of aromatic amines is 1. The molecule has 18 heavy (non-hydrogen) atoms. The van der Waals surface area contributed by atoms with Crippen LogP contribution in [0.2, 0.25) is 0 Å². The number of carbonyl (C=O) groups is 1. The summed E-state index contributed by atoms with van der Waals surface area (Å²) in [4.78, 5) is 18.6. The van der Waals surface area contributed by atoms with E-state index in [1.54, 1.807) is 24.7 Å². The molecule has 2 aromatic heterocycles. The van der Waals surface area contributed by atoms with E-state index in [1.165, 1.54) is 0 Å². The number of primary amides is 1. The maximum absolute atomic E-state index is 11.5. The molecule has 3 rings (SSSR count). The van der Waals surface area contributed by atoms with Crippen LogP contribution in [0, 0.1) is 0 Å². The molecule has 1 amide bonds. The Morgan fingerprint density at radius 2 is 2.11 bits per heavy atom. The Bertz CT molecular complexity index is 716. The van der Waals surface area contributed by atoms with Crippen molar-refractivity contribution >= 4 is 16.8 Å². The maximum atomic E-state index is 11.5. The molecule has 0 radical (unpaired) electrons. The van der Waals surface area contributed by atoms with Crippen molar-refractivity contribution in [2.24, 2.45) is 5.73 Å². The van der Waals surface area contributed by atoms with E-state index >= 15 is 0 Å². The predicted octanol–water partition coefficient (Wildman–Crippen LogP) is 2.33. The topological polar surface area (TPSA) is 71.8 Å². The number of nitrogens with zero attached hydrogens (tertiary/aromatic N) is 1. The molecule has 0 saturated heterocycles. The fourth-order valence-corrected chi connectivity index (χ4v) is 2.07. The fraction of sp³-hybridized carbons (Fsp3) is 0. The molecule has 88 valence electrons. The molecular formula is C14H11N3O. The summed E-state index contributed by atoms with van der Waals surface area (Å²) >= 11 is 0. The van der Waals surface area contributed by atoms with Gasteiger partial charge >= 0.3 is 0 Å². The van der Waals surface area contributed by atoms with Crippen molar-refractivity contribution in [1.29, 1.82) is 0 Å². The molecule has 0 fully saturated rings. The van der Waals surface area contributed by atoms with Crippen LogP contribution in [0.3, 0.4) is 0 Å². The van der Waals surface area contributed by atoms with E-state index < -0.39 is 5.91 Å². The second kappa shape index (κ2) is 4.00. The number of hydrogen-bond acceptors (Lipinski definition) is 2. The van der Waals surface area contributed by atoms with E-state index in [4.69, 9.17) is 5.73 Å². The summed E-state index contributed by atoms with van der Waals surface area (Å²) < 4.78 is 0. The number of fused-ring (bicyclic) bond motifs is 1. The number of pyridine rings is 1. The number of aromatic nitrogens is 2. The van der Waals surface area contributed by atoms with Crippen molar-refractivity contribution in [3.05, 3.63) is 54.5 Å². The zero-order valence-electron chi connectivity index (χ0n) is 9.55. The fourth-order valence-electron chi connectivity index (χ4n) is 2.07. The van der Waals surface area contributed by atoms with Crippen LogP contribution in [0.25, 0.3) is 22.0 Å². The van der Waals surface area contributed by atoms with Gasteiger partial charge in [0.25, 0.3) is 5.91 Å². The van der Waals surface area contributed by atoms with Gasteiger partial charge in [0.1, 0.15) is 0 Å². The zero-order chi connectivity index (χ0) is 12.5. The van der Waals surface area contributed by atoms with Gasteiger partial charge < -0.3 is 10.7 Å². The highest BCUT2D eigenvalue weighted by molar-refractivity contribution is 6.06. The average Bonchev–Trinajstić information content (AvgIpc) is 2.86. The Morgan fingerprint density at radius 3 is 2.83 bits per heavy atom. The van der Waals surface area contributed by atoms with Crippen LogP contribution in [-0.2, 0) is 0 Å². The first-order chi connectivity index (χ1) is 8.75. The molecule has 4 nitrogen and oxygen atoms in total. The minimum absolute atomic E-state index is 0.437. The van der Waals surface area contributed by atoms with Crippen molar-refractivity contribution in [2.45, 2.75) is 0 Å². The lowest BCUT2D eigenvalue weighted by molar-refractivity contribution is 0.100. The summed E-state index contributed by atoms with van der Waals surface area (Å²) in [5.74, 6) is -0.437. The largest absolute Gasteiger partial charge is 0.366 e. The van der Waals surface area contributed by atoms with Crippen molar-refractivity contribution < 1.29 is 4.79 Å². The van der Waals surface area contributed by atoms with Crippen LogP contribution < -0.4 is 5.73 Å². The zero-order valence-corrected chi connectivity index (χ0v) is 9.55. The van der Waals surface area contributed by atoms with Crippen LogP contribution in [0.5, 0.6) is 0 Å². The second-order valence-electron chi connectivity index (χ2n) is 4.07. The Morgan fingerprint density at radius 1 is 1.22 bits per heavy atom. The quantitative estimate of drug-likeness (QED) is 0.718. The molecule has 0 saturated carbocycles. The molecule has 3 N–H and O–H groups in total. The highest BCUT2D eigenvalue weighted by atomic mass is 16.1. The number of carbonyl (C=O) groups excluding carboxylic acids is 1. The Kier molecular flexibility index (Phi) is 2.34. The summed E-state index contributed by atoms with van der Waals surface area (Å²) in [6.45, 7) is 0. The third-order valence-corrected chi connectivity index (χ3v) is 2.92. The number of hydrogen-bond donors (Lipinski definition) is 2. The van der Waals surface area contributed by atoms with Gasteiger partial charge in [-0.15, -0.1) is 0 Å². The van der Waals surface area contributed by atoms with Crippen LogP contribution in [-0.4, -0.2) is 15.9 Å². The molecular weight excluding hydrogens is 226 g/mol. The van der Waals surface area contributed by atoms with Crippen molar-refractivity contribution in [3.63, 3.8) is 0 Å². The Hall–Kier alpha value is -2.62. The summed E-state index contributed by atoms with van der Waals surface area (Å²) in [6, 6.07) is 9.53. The molecule has 3 aromatic rings. The van der Waals surface area contributed by atoms with Crippen molar-refractivity contribution in [3.8, 4) is 11.1 Å². The SMILES string of the molecule is NC(=O)c1cc(-c2cccnc2)cc2cc[nH]c12. The molecule has 0 atom stereocenters. The van der Waals surface area contributed by atoms with Gasteiger partial charge in [0.05, 0.1) is 11.1 Å². The highest BCUT2D eigenvalue weighted by Gasteiger charge is 2.10. The van der Waals surface area contributed by atoms with E-state index in [9.17, 15) is 4.79 Å². The molecule has 0 unspecified atom stereocenters. The minimum atomic E-state index is -0.437. The number of amides is 1. The van der Waals surface area contributed by atoms with E-state index in [1.807, 2.05) is 24.3 Å². The third-order valence-electron chi connectivity index (χ3n) is 2.92. The Balaban J connectivity index is 2.29. The van der Waals surface area contributed by atoms with Gasteiger partial charge in [-0.25, -0.2) is 0 Å². The number of benzene rings is 1. The molecule has 0 aliphatic heterocycles. The smallest absolute Gasteiger partial charge is 0.250 e. The predicted molar refractivity (Wildman–Crippen MR) is 70.0 cm³/mol. The summed E-state index contributed by atoms with van der Waals surface area (Å²) in [6.07, 6.45) is 5.27. The first-order valence-electron chi connectivity index (χ1n) is 5.57. The van der Waals surface area contributed by atoms with E-state index in [-0.39, 0.29) is 0 Å². The van der Waals surface area contributed by atoms with Gasteiger partial charge in [-0.3, -0.25) is 9.78 Å². The van der Waals surface area contributed by atoms with Gasteiger partial charge in [0.15, 0.2) is 0 Å². The minimum Gasteiger partial charge on any atom is -0.366 e. The van der Waals surface area contributed by atoms with Crippen LogP contribution in [0.1, 0.15) is 10.4 Å². The lowest BCUT2D eigenvalue weighted by atomic mass is 10.0. The lowest BCUT2D eigenvalue weighted by Gasteiger charge is -2.05. The molecule has 0 bridgehead atoms. The average molecular weight is 237 g/mol. The first-order valence-corrected chi connectivity index (χ1v) is 5.57. The molecule has 0 spiro atoms. The Labute approximate surface area is 103 Å². The lowest BCUT2D eigenvalue weighted by Crippen LogP contribution is -2.11. The van der Waals surface area contributed by atoms with Crippen LogP contribution >= 0.6 is 0 Å². The van der Waals surface area contributed by atoms with Crippen LogP contribution in [0.4, 0.5) is 0 Å². The van der Waals surface area contributed by atoms with Crippen molar-refractivity contribution in [2.75, 3.05) is 0 Å². The monoisotopic (exact) mass is 237 g/mol. The number of nitrogens with two attached hydrogens (primary N) is 1. The molecule has 0 aliphatic carbocycles. The third kappa shape index (κ3) is 1.64. The summed E-state index contributed by atoms with van der Waals surface area (Å²) in [5.41, 5.74) is 8.58. The van der Waals surface area contributed by atoms with Gasteiger partial charge in [0.2, 0.25) is 0 Å². The molecule has 2 heterocycles. The van der Waals surface area contributed by atoms with Gasteiger partial charge in [0, 0.05) is 29.5 Å². The van der Waals surface area contributed by atoms with E-state index in [0.29, 0.717) is 5.56 Å². The molecule has 0 aliphatic rings. The molecule has 4 heteroatoms. The van der Waals surface area contributed by atoms with E-state index in [0.717, 1.165) is 22.0 Å². The van der Waals surface area contributed by atoms with Crippen molar-refractivity contribution in [1.82, 2.24) is 9.97 Å². The summed E-state index contributed by atoms with van der Waals surface area (Å²) in [7, 11) is 0. The number of rotatable bonds is 2. The first kappa shape index (κ1) is 10.5. The molecule has 1 aromatic carbocycles. The highest BCUT2D eigenvalue weighted by Crippen LogP contribution is 2.26. The maximum Gasteiger partial charge on any atom is 0.250 e.